The number of carbonyl (C=O) groups excluding carboxylic acids is 1. The Bertz CT molecular complexity index is 321. The molecule has 3 nitrogen and oxygen atoms in total. The minimum Gasteiger partial charge on any atom is -0.338 e. The van der Waals surface area contributed by atoms with E-state index < -0.39 is 0 Å². The second kappa shape index (κ2) is 5.36. The van der Waals surface area contributed by atoms with Crippen molar-refractivity contribution in [2.24, 2.45) is 0 Å². The first-order valence-electron chi connectivity index (χ1n) is 4.14. The maximum absolute atomic E-state index is 11.3. The fourth-order valence-electron chi connectivity index (χ4n) is 0.936. The monoisotopic (exact) mass is 320 g/mol. The van der Waals surface area contributed by atoms with Crippen molar-refractivity contribution in [2.45, 2.75) is 6.92 Å². The van der Waals surface area contributed by atoms with Crippen LogP contribution < -0.4 is 10.6 Å². The molecule has 0 radical (unpaired) electrons. The number of hydrogen-bond acceptors (Lipinski definition) is 1. The summed E-state index contributed by atoms with van der Waals surface area (Å²) in [6, 6.07) is 5.41. The number of nitrogens with one attached hydrogen (secondary N) is 2. The number of para-hydroxylation sites is 1. The van der Waals surface area contributed by atoms with E-state index in [1.54, 1.807) is 0 Å². The molecule has 5 heteroatoms. The SMILES string of the molecule is CCNC(=O)Nc1c(Br)cccc1Br. The minimum atomic E-state index is -0.208. The summed E-state index contributed by atoms with van der Waals surface area (Å²) in [5.41, 5.74) is 0.735. The standard InChI is InChI=1S/C9H10Br2N2O/c1-2-12-9(14)13-8-6(10)4-3-5-7(8)11/h3-5H,2H2,1H3,(H2,12,13,14). The topological polar surface area (TPSA) is 41.1 Å². The van der Waals surface area contributed by atoms with Crippen LogP contribution in [0.1, 0.15) is 6.92 Å². The third-order valence-corrected chi connectivity index (χ3v) is 2.86. The molecule has 2 N–H and O–H groups in total. The molecule has 0 unspecified atom stereocenters. The summed E-state index contributed by atoms with van der Waals surface area (Å²) in [5, 5.41) is 5.39. The van der Waals surface area contributed by atoms with E-state index in [4.69, 9.17) is 0 Å². The Balaban J connectivity index is 2.80. The van der Waals surface area contributed by atoms with E-state index in [1.165, 1.54) is 0 Å². The Morgan fingerprint density at radius 3 is 2.43 bits per heavy atom. The van der Waals surface area contributed by atoms with Crippen LogP contribution in [-0.2, 0) is 0 Å². The van der Waals surface area contributed by atoms with E-state index in [-0.39, 0.29) is 6.03 Å². The smallest absolute Gasteiger partial charge is 0.319 e. The predicted molar refractivity (Wildman–Crippen MR) is 64.5 cm³/mol. The Hall–Kier alpha value is -0.550. The number of carbonyl (C=O) groups is 1. The number of hydrogen-bond donors (Lipinski definition) is 2. The molecule has 0 aliphatic carbocycles. The van der Waals surface area contributed by atoms with Crippen LogP contribution in [0.5, 0.6) is 0 Å². The van der Waals surface area contributed by atoms with Crippen LogP contribution in [0.4, 0.5) is 10.5 Å². The van der Waals surface area contributed by atoms with Crippen LogP contribution >= 0.6 is 31.9 Å². The average molecular weight is 322 g/mol. The molecule has 0 heterocycles. The Kier molecular flexibility index (Phi) is 4.41. The summed E-state index contributed by atoms with van der Waals surface area (Å²) >= 11 is 6.71. The lowest BCUT2D eigenvalue weighted by Crippen LogP contribution is -2.28. The van der Waals surface area contributed by atoms with E-state index in [9.17, 15) is 4.79 Å². The van der Waals surface area contributed by atoms with E-state index in [2.05, 4.69) is 42.5 Å². The molecule has 0 saturated carbocycles. The van der Waals surface area contributed by atoms with Crippen LogP contribution in [0.25, 0.3) is 0 Å². The maximum Gasteiger partial charge on any atom is 0.319 e. The average Bonchev–Trinajstić information content (AvgIpc) is 2.12. The van der Waals surface area contributed by atoms with Gasteiger partial charge in [-0.05, 0) is 50.9 Å². The van der Waals surface area contributed by atoms with Gasteiger partial charge in [0.15, 0.2) is 0 Å². The number of urea groups is 1. The zero-order valence-electron chi connectivity index (χ0n) is 7.60. The molecule has 14 heavy (non-hydrogen) atoms. The summed E-state index contributed by atoms with van der Waals surface area (Å²) in [6.07, 6.45) is 0. The quantitative estimate of drug-likeness (QED) is 0.861. The summed E-state index contributed by atoms with van der Waals surface area (Å²) < 4.78 is 1.69. The van der Waals surface area contributed by atoms with Gasteiger partial charge < -0.3 is 10.6 Å². The van der Waals surface area contributed by atoms with Gasteiger partial charge in [0.25, 0.3) is 0 Å². The highest BCUT2D eigenvalue weighted by Gasteiger charge is 2.07. The molecule has 1 aromatic rings. The summed E-state index contributed by atoms with van der Waals surface area (Å²) in [5.74, 6) is 0. The van der Waals surface area contributed by atoms with Gasteiger partial charge in [0, 0.05) is 15.5 Å². The van der Waals surface area contributed by atoms with Crippen LogP contribution in [-0.4, -0.2) is 12.6 Å². The second-order valence-corrected chi connectivity index (χ2v) is 4.29. The van der Waals surface area contributed by atoms with Crippen molar-refractivity contribution in [1.29, 1.82) is 0 Å². The first kappa shape index (κ1) is 11.5. The molecule has 76 valence electrons. The third kappa shape index (κ3) is 2.99. The maximum atomic E-state index is 11.3. The molecular weight excluding hydrogens is 312 g/mol. The van der Waals surface area contributed by atoms with E-state index in [0.29, 0.717) is 6.54 Å². The number of halogens is 2. The predicted octanol–water partition coefficient (Wildman–Crippen LogP) is 3.35. The summed E-state index contributed by atoms with van der Waals surface area (Å²) in [4.78, 5) is 11.3. The van der Waals surface area contributed by atoms with Crippen molar-refractivity contribution in [2.75, 3.05) is 11.9 Å². The lowest BCUT2D eigenvalue weighted by atomic mass is 10.3. The highest BCUT2D eigenvalue weighted by atomic mass is 79.9. The molecule has 0 atom stereocenters. The normalized spacial score (nSPS) is 9.64. The minimum absolute atomic E-state index is 0.208. The van der Waals surface area contributed by atoms with Crippen molar-refractivity contribution >= 4 is 43.6 Å². The lowest BCUT2D eigenvalue weighted by Gasteiger charge is -2.09. The van der Waals surface area contributed by atoms with Crippen molar-refractivity contribution in [3.05, 3.63) is 27.1 Å². The second-order valence-electron chi connectivity index (χ2n) is 2.58. The van der Waals surface area contributed by atoms with Gasteiger partial charge in [-0.1, -0.05) is 6.07 Å². The van der Waals surface area contributed by atoms with Gasteiger partial charge in [-0.3, -0.25) is 0 Å². The van der Waals surface area contributed by atoms with Crippen LogP contribution in [0, 0.1) is 0 Å². The van der Waals surface area contributed by atoms with E-state index >= 15 is 0 Å². The first-order chi connectivity index (χ1) is 6.65. The molecule has 2 amide bonds. The fourth-order valence-corrected chi connectivity index (χ4v) is 2.13. The van der Waals surface area contributed by atoms with Crippen LogP contribution in [0.3, 0.4) is 0 Å². The van der Waals surface area contributed by atoms with Gasteiger partial charge in [0.2, 0.25) is 0 Å². The molecule has 0 saturated heterocycles. The van der Waals surface area contributed by atoms with Gasteiger partial charge >= 0.3 is 6.03 Å². The zero-order chi connectivity index (χ0) is 10.6. The van der Waals surface area contributed by atoms with Gasteiger partial charge in [0.05, 0.1) is 5.69 Å². The molecule has 1 rings (SSSR count). The van der Waals surface area contributed by atoms with Gasteiger partial charge in [-0.15, -0.1) is 0 Å². The summed E-state index contributed by atoms with van der Waals surface area (Å²) in [6.45, 7) is 2.47. The third-order valence-electron chi connectivity index (χ3n) is 1.54. The largest absolute Gasteiger partial charge is 0.338 e. The Morgan fingerprint density at radius 1 is 1.36 bits per heavy atom. The summed E-state index contributed by atoms with van der Waals surface area (Å²) in [7, 11) is 0. The molecule has 0 spiro atoms. The number of rotatable bonds is 2. The van der Waals surface area contributed by atoms with E-state index in [0.717, 1.165) is 14.6 Å². The van der Waals surface area contributed by atoms with Gasteiger partial charge in [-0.2, -0.15) is 0 Å². The molecule has 1 aromatic carbocycles. The van der Waals surface area contributed by atoms with Crippen molar-refractivity contribution in [1.82, 2.24) is 5.32 Å². The molecule has 0 aliphatic rings. The van der Waals surface area contributed by atoms with Crippen molar-refractivity contribution in [3.63, 3.8) is 0 Å². The molecule has 0 fully saturated rings. The Labute approximate surface area is 99.5 Å². The Morgan fingerprint density at radius 2 is 1.93 bits per heavy atom. The highest BCUT2D eigenvalue weighted by Crippen LogP contribution is 2.30. The van der Waals surface area contributed by atoms with Crippen LogP contribution in [0.15, 0.2) is 27.1 Å². The molecule has 0 aromatic heterocycles. The van der Waals surface area contributed by atoms with Crippen LogP contribution in [0.2, 0.25) is 0 Å². The van der Waals surface area contributed by atoms with E-state index in [1.807, 2.05) is 25.1 Å². The fraction of sp³-hybridized carbons (Fsp3) is 0.222. The number of benzene rings is 1. The molecular formula is C9H10Br2N2O. The number of amides is 2. The van der Waals surface area contributed by atoms with Crippen molar-refractivity contribution in [3.8, 4) is 0 Å². The van der Waals surface area contributed by atoms with Gasteiger partial charge in [0.1, 0.15) is 0 Å². The zero-order valence-corrected chi connectivity index (χ0v) is 10.8. The lowest BCUT2D eigenvalue weighted by molar-refractivity contribution is 0.252. The molecule has 0 aliphatic heterocycles. The first-order valence-corrected chi connectivity index (χ1v) is 5.72. The number of anilines is 1. The molecule has 0 bridgehead atoms. The van der Waals surface area contributed by atoms with Gasteiger partial charge in [-0.25, -0.2) is 4.79 Å². The van der Waals surface area contributed by atoms with Crippen molar-refractivity contribution < 1.29 is 4.79 Å². The highest BCUT2D eigenvalue weighted by molar-refractivity contribution is 9.11.